The zero-order chi connectivity index (χ0) is 10.8. The minimum Gasteiger partial charge on any atom is -0.300 e. The van der Waals surface area contributed by atoms with Crippen molar-refractivity contribution in [2.75, 3.05) is 0 Å². The Kier molecular flexibility index (Phi) is 3.03. The Morgan fingerprint density at radius 1 is 1.29 bits per heavy atom. The van der Waals surface area contributed by atoms with E-state index < -0.39 is 18.3 Å². The van der Waals surface area contributed by atoms with Crippen LogP contribution in [0.4, 0.5) is 13.2 Å². The molecule has 0 fully saturated rings. The lowest BCUT2D eigenvalue weighted by molar-refractivity contribution is -0.136. The van der Waals surface area contributed by atoms with E-state index in [1.54, 1.807) is 6.92 Å². The molecule has 1 aromatic heterocycles. The largest absolute Gasteiger partial charge is 0.390 e. The predicted molar refractivity (Wildman–Crippen MR) is 45.0 cm³/mol. The summed E-state index contributed by atoms with van der Waals surface area (Å²) in [5.41, 5.74) is -0.392. The third kappa shape index (κ3) is 2.65. The average Bonchev–Trinajstić information content (AvgIpc) is 2.42. The second kappa shape index (κ2) is 3.89. The van der Waals surface area contributed by atoms with Crippen LogP contribution in [0.25, 0.3) is 0 Å². The van der Waals surface area contributed by atoms with Crippen LogP contribution in [0.15, 0.2) is 17.2 Å². The Morgan fingerprint density at radius 3 is 2.29 bits per heavy atom. The molecule has 0 radical (unpaired) electrons. The highest BCUT2D eigenvalue weighted by Gasteiger charge is 2.26. The van der Waals surface area contributed by atoms with Crippen molar-refractivity contribution in [3.63, 3.8) is 0 Å². The van der Waals surface area contributed by atoms with Crippen LogP contribution in [-0.4, -0.2) is 15.3 Å². The summed E-state index contributed by atoms with van der Waals surface area (Å²) in [7, 11) is 0. The van der Waals surface area contributed by atoms with Crippen molar-refractivity contribution in [1.82, 2.24) is 9.13 Å². The average molecular weight is 208 g/mol. The highest BCUT2D eigenvalue weighted by molar-refractivity contribution is 4.81. The van der Waals surface area contributed by atoms with Crippen LogP contribution in [0.2, 0.25) is 0 Å². The van der Waals surface area contributed by atoms with Crippen LogP contribution >= 0.6 is 0 Å². The topological polar surface area (TPSA) is 26.9 Å². The van der Waals surface area contributed by atoms with E-state index in [-0.39, 0.29) is 6.54 Å². The van der Waals surface area contributed by atoms with Gasteiger partial charge in [-0.15, -0.1) is 0 Å². The molecule has 0 aromatic carbocycles. The number of hydrogen-bond acceptors (Lipinski definition) is 1. The van der Waals surface area contributed by atoms with Gasteiger partial charge in [0.1, 0.15) is 0 Å². The maximum Gasteiger partial charge on any atom is 0.390 e. The first kappa shape index (κ1) is 10.9. The highest BCUT2D eigenvalue weighted by Crippen LogP contribution is 2.19. The van der Waals surface area contributed by atoms with Gasteiger partial charge in [-0.3, -0.25) is 9.13 Å². The second-order valence-electron chi connectivity index (χ2n) is 2.93. The van der Waals surface area contributed by atoms with E-state index >= 15 is 0 Å². The van der Waals surface area contributed by atoms with Gasteiger partial charge < -0.3 is 0 Å². The SMILES string of the molecule is CCn1ccn(CCC(F)(F)F)c1=O. The van der Waals surface area contributed by atoms with Crippen LogP contribution in [0, 0.1) is 0 Å². The first-order valence-electron chi connectivity index (χ1n) is 4.26. The summed E-state index contributed by atoms with van der Waals surface area (Å²) in [6.45, 7) is 1.92. The van der Waals surface area contributed by atoms with Gasteiger partial charge in [-0.25, -0.2) is 4.79 Å². The molecule has 0 spiro atoms. The maximum atomic E-state index is 11.8. The number of nitrogens with zero attached hydrogens (tertiary/aromatic N) is 2. The van der Waals surface area contributed by atoms with Gasteiger partial charge in [-0.1, -0.05) is 0 Å². The van der Waals surface area contributed by atoms with E-state index in [1.165, 1.54) is 17.0 Å². The molecule has 0 bridgehead atoms. The Bertz CT molecular complexity index is 350. The number of rotatable bonds is 3. The van der Waals surface area contributed by atoms with Crippen molar-refractivity contribution in [3.8, 4) is 0 Å². The standard InChI is InChI=1S/C8H11F3N2O/c1-2-12-5-6-13(7(12)14)4-3-8(9,10)11/h5-6H,2-4H2,1H3. The number of imidazole rings is 1. The van der Waals surface area contributed by atoms with Crippen LogP contribution in [0.1, 0.15) is 13.3 Å². The minimum absolute atomic E-state index is 0.310. The zero-order valence-corrected chi connectivity index (χ0v) is 7.71. The Hall–Kier alpha value is -1.20. The van der Waals surface area contributed by atoms with Gasteiger partial charge in [-0.2, -0.15) is 13.2 Å². The van der Waals surface area contributed by atoms with Crippen molar-refractivity contribution < 1.29 is 13.2 Å². The Labute approximate surface area is 78.8 Å². The number of aromatic nitrogens is 2. The van der Waals surface area contributed by atoms with Gasteiger partial charge >= 0.3 is 11.9 Å². The number of hydrogen-bond donors (Lipinski definition) is 0. The van der Waals surface area contributed by atoms with Crippen molar-refractivity contribution >= 4 is 0 Å². The lowest BCUT2D eigenvalue weighted by Gasteiger charge is -2.05. The van der Waals surface area contributed by atoms with Gasteiger partial charge in [0.25, 0.3) is 0 Å². The van der Waals surface area contributed by atoms with Gasteiger partial charge in [0.15, 0.2) is 0 Å². The normalized spacial score (nSPS) is 12.0. The molecule has 0 N–H and O–H groups in total. The Balaban J connectivity index is 2.69. The van der Waals surface area contributed by atoms with Crippen LogP contribution in [-0.2, 0) is 13.1 Å². The third-order valence-electron chi connectivity index (χ3n) is 1.89. The molecule has 0 saturated carbocycles. The fourth-order valence-electron chi connectivity index (χ4n) is 1.11. The van der Waals surface area contributed by atoms with E-state index in [0.717, 1.165) is 4.57 Å². The van der Waals surface area contributed by atoms with E-state index in [4.69, 9.17) is 0 Å². The highest BCUT2D eigenvalue weighted by atomic mass is 19.4. The summed E-state index contributed by atoms with van der Waals surface area (Å²) in [6, 6.07) is 0. The summed E-state index contributed by atoms with van der Waals surface area (Å²) in [5, 5.41) is 0. The molecule has 0 aliphatic carbocycles. The number of halogens is 3. The van der Waals surface area contributed by atoms with Gasteiger partial charge in [0.05, 0.1) is 6.42 Å². The fourth-order valence-corrected chi connectivity index (χ4v) is 1.11. The molecular formula is C8H11F3N2O. The molecule has 6 heteroatoms. The first-order valence-corrected chi connectivity index (χ1v) is 4.26. The molecule has 80 valence electrons. The minimum atomic E-state index is -4.21. The van der Waals surface area contributed by atoms with E-state index in [1.807, 2.05) is 0 Å². The summed E-state index contributed by atoms with van der Waals surface area (Å²) >= 11 is 0. The smallest absolute Gasteiger partial charge is 0.300 e. The molecule has 0 saturated heterocycles. The fraction of sp³-hybridized carbons (Fsp3) is 0.625. The molecule has 0 unspecified atom stereocenters. The summed E-state index contributed by atoms with van der Waals surface area (Å²) in [4.78, 5) is 11.3. The van der Waals surface area contributed by atoms with E-state index in [9.17, 15) is 18.0 Å². The predicted octanol–water partition coefficient (Wildman–Crippen LogP) is 1.62. The summed E-state index contributed by atoms with van der Waals surface area (Å²) < 4.78 is 37.9. The summed E-state index contributed by atoms with van der Waals surface area (Å²) in [5.74, 6) is 0. The molecule has 0 atom stereocenters. The first-order chi connectivity index (χ1) is 6.44. The van der Waals surface area contributed by atoms with Gasteiger partial charge in [0, 0.05) is 25.5 Å². The quantitative estimate of drug-likeness (QED) is 0.741. The van der Waals surface area contributed by atoms with Crippen molar-refractivity contribution in [2.24, 2.45) is 0 Å². The van der Waals surface area contributed by atoms with E-state index in [0.29, 0.717) is 6.54 Å². The lowest BCUT2D eigenvalue weighted by atomic mass is 10.4. The molecule has 0 aliphatic heterocycles. The van der Waals surface area contributed by atoms with E-state index in [2.05, 4.69) is 0 Å². The molecule has 0 amide bonds. The van der Waals surface area contributed by atoms with Crippen LogP contribution < -0.4 is 5.69 Å². The van der Waals surface area contributed by atoms with Crippen LogP contribution in [0.3, 0.4) is 0 Å². The molecule has 1 heterocycles. The van der Waals surface area contributed by atoms with Crippen molar-refractivity contribution in [3.05, 3.63) is 22.9 Å². The van der Waals surface area contributed by atoms with Gasteiger partial charge in [0.2, 0.25) is 0 Å². The molecular weight excluding hydrogens is 197 g/mol. The van der Waals surface area contributed by atoms with Crippen molar-refractivity contribution in [2.45, 2.75) is 32.6 Å². The van der Waals surface area contributed by atoms with Crippen molar-refractivity contribution in [1.29, 1.82) is 0 Å². The molecule has 14 heavy (non-hydrogen) atoms. The molecule has 3 nitrogen and oxygen atoms in total. The maximum absolute atomic E-state index is 11.8. The molecule has 1 aromatic rings. The van der Waals surface area contributed by atoms with Crippen LogP contribution in [0.5, 0.6) is 0 Å². The zero-order valence-electron chi connectivity index (χ0n) is 7.71. The van der Waals surface area contributed by atoms with Gasteiger partial charge in [-0.05, 0) is 6.92 Å². The number of alkyl halides is 3. The molecule has 0 aliphatic rings. The monoisotopic (exact) mass is 208 g/mol. The second-order valence-corrected chi connectivity index (χ2v) is 2.93. The summed E-state index contributed by atoms with van der Waals surface area (Å²) in [6.07, 6.45) is -2.33. The molecule has 1 rings (SSSR count). The number of aryl methyl sites for hydroxylation is 2. The third-order valence-corrected chi connectivity index (χ3v) is 1.89. The lowest BCUT2D eigenvalue weighted by Crippen LogP contribution is -2.25. The Morgan fingerprint density at radius 2 is 1.86 bits per heavy atom.